The summed E-state index contributed by atoms with van der Waals surface area (Å²) < 4.78 is 6.18. The minimum Gasteiger partial charge on any atom is -0.495 e. The Morgan fingerprint density at radius 1 is 1.21 bits per heavy atom. The van der Waals surface area contributed by atoms with Crippen LogP contribution in [0.15, 0.2) is 40.9 Å². The fraction of sp³-hybridized carbons (Fsp3) is 0.0714. The second-order valence-corrected chi connectivity index (χ2v) is 4.80. The highest BCUT2D eigenvalue weighted by molar-refractivity contribution is 9.10. The number of hydrogen-bond donors (Lipinski definition) is 2. The van der Waals surface area contributed by atoms with E-state index < -0.39 is 0 Å². The third-order valence-electron chi connectivity index (χ3n) is 2.61. The number of nitrogens with zero attached hydrogens (tertiary/aromatic N) is 1. The third kappa shape index (κ3) is 2.98. The van der Waals surface area contributed by atoms with Gasteiger partial charge in [-0.25, -0.2) is 0 Å². The van der Waals surface area contributed by atoms with E-state index in [4.69, 9.17) is 15.7 Å². The van der Waals surface area contributed by atoms with E-state index in [2.05, 4.69) is 27.3 Å². The lowest BCUT2D eigenvalue weighted by molar-refractivity contribution is 0.416. The van der Waals surface area contributed by atoms with Gasteiger partial charge in [-0.05, 0) is 30.3 Å². The first kappa shape index (κ1) is 13.2. The van der Waals surface area contributed by atoms with Crippen molar-refractivity contribution in [3.05, 3.63) is 46.4 Å². The molecule has 0 saturated carbocycles. The van der Waals surface area contributed by atoms with Crippen LogP contribution in [0.25, 0.3) is 0 Å². The Bertz CT molecular complexity index is 650. The molecule has 19 heavy (non-hydrogen) atoms. The van der Waals surface area contributed by atoms with Crippen LogP contribution >= 0.6 is 15.9 Å². The van der Waals surface area contributed by atoms with E-state index in [9.17, 15) is 0 Å². The molecule has 0 aliphatic rings. The van der Waals surface area contributed by atoms with Gasteiger partial charge in [-0.3, -0.25) is 0 Å². The fourth-order valence-electron chi connectivity index (χ4n) is 1.66. The molecule has 96 valence electrons. The minimum absolute atomic E-state index is 0.547. The quantitative estimate of drug-likeness (QED) is 0.847. The van der Waals surface area contributed by atoms with Crippen molar-refractivity contribution < 1.29 is 4.74 Å². The molecule has 0 aliphatic heterocycles. The zero-order valence-corrected chi connectivity index (χ0v) is 11.9. The molecule has 0 atom stereocenters. The summed E-state index contributed by atoms with van der Waals surface area (Å²) in [5, 5.41) is 12.1. The summed E-state index contributed by atoms with van der Waals surface area (Å²) in [4.78, 5) is 0. The van der Waals surface area contributed by atoms with Gasteiger partial charge in [0.25, 0.3) is 0 Å². The molecule has 5 heteroatoms. The Hall–Kier alpha value is -2.19. The summed E-state index contributed by atoms with van der Waals surface area (Å²) in [6.07, 6.45) is 0. The van der Waals surface area contributed by atoms with Crippen LogP contribution in [0.3, 0.4) is 0 Å². The van der Waals surface area contributed by atoms with Crippen molar-refractivity contribution >= 4 is 33.0 Å². The van der Waals surface area contributed by atoms with Gasteiger partial charge >= 0.3 is 0 Å². The predicted octanol–water partition coefficient (Wildman–Crippen LogP) is 3.66. The molecule has 0 bridgehead atoms. The average Bonchev–Trinajstić information content (AvgIpc) is 2.42. The van der Waals surface area contributed by atoms with Crippen molar-refractivity contribution in [3.63, 3.8) is 0 Å². The lowest BCUT2D eigenvalue weighted by atomic mass is 10.2. The van der Waals surface area contributed by atoms with Gasteiger partial charge in [0, 0.05) is 10.5 Å². The van der Waals surface area contributed by atoms with Crippen LogP contribution in [-0.4, -0.2) is 7.11 Å². The molecule has 4 nitrogen and oxygen atoms in total. The lowest BCUT2D eigenvalue weighted by Gasteiger charge is -2.13. The minimum atomic E-state index is 0.547. The molecule has 2 aromatic carbocycles. The maximum Gasteiger partial charge on any atom is 0.143 e. The maximum absolute atomic E-state index is 8.86. The highest BCUT2D eigenvalue weighted by atomic mass is 79.9. The number of nitrogens with one attached hydrogen (secondary N) is 1. The van der Waals surface area contributed by atoms with Crippen molar-refractivity contribution in [2.24, 2.45) is 0 Å². The summed E-state index contributed by atoms with van der Waals surface area (Å²) >= 11 is 3.36. The molecule has 0 fully saturated rings. The monoisotopic (exact) mass is 317 g/mol. The first-order valence-electron chi connectivity index (χ1n) is 5.54. The number of ether oxygens (including phenoxy) is 1. The van der Waals surface area contributed by atoms with E-state index in [-0.39, 0.29) is 0 Å². The second kappa shape index (κ2) is 5.63. The second-order valence-electron chi connectivity index (χ2n) is 3.88. The number of anilines is 3. The molecule has 0 heterocycles. The molecule has 3 N–H and O–H groups in total. The number of benzene rings is 2. The average molecular weight is 318 g/mol. The number of nitrogen functional groups attached to an aromatic ring is 1. The van der Waals surface area contributed by atoms with E-state index in [1.165, 1.54) is 0 Å². The molecule has 0 spiro atoms. The SMILES string of the molecule is COc1cc(C#N)ccc1Nc1ccc(Br)cc1N. The molecule has 0 saturated heterocycles. The van der Waals surface area contributed by atoms with Crippen molar-refractivity contribution in [3.8, 4) is 11.8 Å². The summed E-state index contributed by atoms with van der Waals surface area (Å²) in [7, 11) is 1.56. The molecular formula is C14H12BrN3O. The van der Waals surface area contributed by atoms with Crippen molar-refractivity contribution in [2.75, 3.05) is 18.2 Å². The number of hydrogen-bond acceptors (Lipinski definition) is 4. The largest absolute Gasteiger partial charge is 0.495 e. The van der Waals surface area contributed by atoms with E-state index in [0.717, 1.165) is 15.8 Å². The van der Waals surface area contributed by atoms with Gasteiger partial charge in [0.2, 0.25) is 0 Å². The van der Waals surface area contributed by atoms with E-state index in [1.807, 2.05) is 18.2 Å². The summed E-state index contributed by atoms with van der Waals surface area (Å²) in [6.45, 7) is 0. The summed E-state index contributed by atoms with van der Waals surface area (Å²) in [5.74, 6) is 0.598. The van der Waals surface area contributed by atoms with Crippen molar-refractivity contribution in [1.29, 1.82) is 5.26 Å². The van der Waals surface area contributed by atoms with Gasteiger partial charge < -0.3 is 15.8 Å². The molecule has 0 unspecified atom stereocenters. The van der Waals surface area contributed by atoms with Gasteiger partial charge in [-0.1, -0.05) is 15.9 Å². The van der Waals surface area contributed by atoms with Crippen LogP contribution in [0.4, 0.5) is 17.1 Å². The van der Waals surface area contributed by atoms with Gasteiger partial charge in [0.15, 0.2) is 0 Å². The lowest BCUT2D eigenvalue weighted by Crippen LogP contribution is -1.98. The van der Waals surface area contributed by atoms with E-state index in [0.29, 0.717) is 17.0 Å². The van der Waals surface area contributed by atoms with Crippen LogP contribution < -0.4 is 15.8 Å². The number of halogens is 1. The van der Waals surface area contributed by atoms with Gasteiger partial charge in [0.05, 0.1) is 35.8 Å². The number of rotatable bonds is 3. The molecule has 0 radical (unpaired) electrons. The Kier molecular flexibility index (Phi) is 3.93. The molecule has 0 amide bonds. The topological polar surface area (TPSA) is 71.1 Å². The normalized spacial score (nSPS) is 9.74. The smallest absolute Gasteiger partial charge is 0.143 e. The van der Waals surface area contributed by atoms with Crippen LogP contribution in [0.2, 0.25) is 0 Å². The third-order valence-corrected chi connectivity index (χ3v) is 3.11. The Balaban J connectivity index is 2.35. The van der Waals surface area contributed by atoms with Gasteiger partial charge in [0.1, 0.15) is 5.75 Å². The highest BCUT2D eigenvalue weighted by Gasteiger charge is 2.07. The van der Waals surface area contributed by atoms with Crippen LogP contribution in [0, 0.1) is 11.3 Å². The number of nitriles is 1. The van der Waals surface area contributed by atoms with Crippen LogP contribution in [-0.2, 0) is 0 Å². The van der Waals surface area contributed by atoms with Gasteiger partial charge in [-0.2, -0.15) is 5.26 Å². The zero-order valence-electron chi connectivity index (χ0n) is 10.3. The summed E-state index contributed by atoms with van der Waals surface area (Å²) in [5.41, 5.74) is 8.65. The van der Waals surface area contributed by atoms with E-state index in [1.54, 1.807) is 25.3 Å². The first-order valence-corrected chi connectivity index (χ1v) is 6.33. The highest BCUT2D eigenvalue weighted by Crippen LogP contribution is 2.32. The Morgan fingerprint density at radius 3 is 2.58 bits per heavy atom. The predicted molar refractivity (Wildman–Crippen MR) is 79.5 cm³/mol. The Morgan fingerprint density at radius 2 is 1.95 bits per heavy atom. The Labute approximate surface area is 119 Å². The number of methoxy groups -OCH3 is 1. The molecule has 2 aromatic rings. The van der Waals surface area contributed by atoms with Crippen LogP contribution in [0.1, 0.15) is 5.56 Å². The molecule has 0 aliphatic carbocycles. The molecular weight excluding hydrogens is 306 g/mol. The number of nitrogens with two attached hydrogens (primary N) is 1. The maximum atomic E-state index is 8.86. The van der Waals surface area contributed by atoms with Crippen molar-refractivity contribution in [2.45, 2.75) is 0 Å². The fourth-order valence-corrected chi connectivity index (χ4v) is 2.04. The zero-order chi connectivity index (χ0) is 13.8. The standard InChI is InChI=1S/C14H12BrN3O/c1-19-14-6-9(8-16)2-4-13(14)18-12-5-3-10(15)7-11(12)17/h2-7,18H,17H2,1H3. The summed E-state index contributed by atoms with van der Waals surface area (Å²) in [6, 6.07) is 12.9. The first-order chi connectivity index (χ1) is 9.13. The van der Waals surface area contributed by atoms with Crippen LogP contribution in [0.5, 0.6) is 5.75 Å². The van der Waals surface area contributed by atoms with Crippen molar-refractivity contribution in [1.82, 2.24) is 0 Å². The van der Waals surface area contributed by atoms with E-state index >= 15 is 0 Å². The molecule has 2 rings (SSSR count). The molecule has 0 aromatic heterocycles. The van der Waals surface area contributed by atoms with Gasteiger partial charge in [-0.15, -0.1) is 0 Å².